The van der Waals surface area contributed by atoms with Crippen LogP contribution in [0.2, 0.25) is 5.02 Å². The van der Waals surface area contributed by atoms with E-state index in [-0.39, 0.29) is 11.7 Å². The lowest BCUT2D eigenvalue weighted by Crippen LogP contribution is -2.33. The van der Waals surface area contributed by atoms with E-state index >= 15 is 0 Å². The Balaban J connectivity index is 1.51. The fourth-order valence-electron chi connectivity index (χ4n) is 3.10. The number of rotatable bonds is 7. The van der Waals surface area contributed by atoms with Crippen LogP contribution in [-0.4, -0.2) is 36.0 Å². The van der Waals surface area contributed by atoms with Gasteiger partial charge in [-0.3, -0.25) is 9.36 Å². The summed E-state index contributed by atoms with van der Waals surface area (Å²) in [6.45, 7) is 0. The average molecular weight is 457 g/mol. The lowest BCUT2D eigenvalue weighted by Gasteiger charge is -2.19. The third kappa shape index (κ3) is 4.78. The van der Waals surface area contributed by atoms with Crippen LogP contribution in [0, 0.1) is 5.82 Å². The van der Waals surface area contributed by atoms with Crippen LogP contribution in [-0.2, 0) is 11.8 Å². The topological polar surface area (TPSA) is 77.6 Å². The third-order valence-corrected chi connectivity index (χ3v) is 5.75. The average Bonchev–Trinajstić information content (AvgIpc) is 3.40. The second-order valence-electron chi connectivity index (χ2n) is 6.67. The number of benzene rings is 2. The van der Waals surface area contributed by atoms with Crippen LogP contribution in [0.15, 0.2) is 72.4 Å². The summed E-state index contributed by atoms with van der Waals surface area (Å²) in [7, 11) is 1.80. The van der Waals surface area contributed by atoms with Crippen LogP contribution in [0.4, 0.5) is 4.39 Å². The molecule has 0 fully saturated rings. The predicted molar refractivity (Wildman–Crippen MR) is 117 cm³/mol. The second kappa shape index (κ2) is 9.32. The highest BCUT2D eigenvalue weighted by Crippen LogP contribution is 2.25. The number of nitrogens with one attached hydrogen (secondary N) is 1. The molecule has 1 atom stereocenters. The molecule has 2 aromatic heterocycles. The fraction of sp³-hybridized carbons (Fsp3) is 0.143. The Labute approximate surface area is 187 Å². The van der Waals surface area contributed by atoms with E-state index in [0.717, 1.165) is 5.69 Å². The standard InChI is InChI=1S/C21H18ClFN6OS/c1-28-10-9-24-20(28)19(16-7-2-3-8-17(16)23)26-18(30)12-31-21-27-25-13-29(21)15-6-4-5-14(22)11-15/h2-11,13,19H,12H2,1H3,(H,26,30). The van der Waals surface area contributed by atoms with Crippen molar-refractivity contribution in [2.75, 3.05) is 5.75 Å². The van der Waals surface area contributed by atoms with Crippen molar-refractivity contribution in [2.24, 2.45) is 7.05 Å². The molecular weight excluding hydrogens is 439 g/mol. The van der Waals surface area contributed by atoms with Crippen LogP contribution in [0.1, 0.15) is 17.4 Å². The Morgan fingerprint density at radius 2 is 2.10 bits per heavy atom. The van der Waals surface area contributed by atoms with E-state index in [9.17, 15) is 9.18 Å². The summed E-state index contributed by atoms with van der Waals surface area (Å²) in [4.78, 5) is 17.1. The Kier molecular flexibility index (Phi) is 6.34. The molecule has 2 aromatic carbocycles. The van der Waals surface area contributed by atoms with E-state index in [1.54, 1.807) is 65.2 Å². The van der Waals surface area contributed by atoms with Crippen molar-refractivity contribution >= 4 is 29.3 Å². The highest BCUT2D eigenvalue weighted by molar-refractivity contribution is 7.99. The van der Waals surface area contributed by atoms with Gasteiger partial charge in [-0.15, -0.1) is 10.2 Å². The molecule has 4 rings (SSSR count). The molecule has 7 nitrogen and oxygen atoms in total. The largest absolute Gasteiger partial charge is 0.341 e. The van der Waals surface area contributed by atoms with Crippen LogP contribution < -0.4 is 5.32 Å². The van der Waals surface area contributed by atoms with Gasteiger partial charge in [-0.1, -0.05) is 47.6 Å². The van der Waals surface area contributed by atoms with E-state index < -0.39 is 11.9 Å². The monoisotopic (exact) mass is 456 g/mol. The summed E-state index contributed by atoms with van der Waals surface area (Å²) in [5.74, 6) is -0.106. The molecule has 0 saturated heterocycles. The minimum atomic E-state index is -0.722. The maximum Gasteiger partial charge on any atom is 0.231 e. The molecule has 0 bridgehead atoms. The molecule has 1 N–H and O–H groups in total. The SMILES string of the molecule is Cn1ccnc1C(NC(=O)CSc1nncn1-c1cccc(Cl)c1)c1ccccc1F. The van der Waals surface area contributed by atoms with Crippen LogP contribution in [0.5, 0.6) is 0 Å². The van der Waals surface area contributed by atoms with Gasteiger partial charge >= 0.3 is 0 Å². The summed E-state index contributed by atoms with van der Waals surface area (Å²) in [5, 5.41) is 12.0. The zero-order chi connectivity index (χ0) is 21.8. The number of amides is 1. The van der Waals surface area contributed by atoms with Gasteiger partial charge in [-0.25, -0.2) is 9.37 Å². The van der Waals surface area contributed by atoms with Gasteiger partial charge in [-0.2, -0.15) is 0 Å². The Morgan fingerprint density at radius 3 is 2.84 bits per heavy atom. The summed E-state index contributed by atoms with van der Waals surface area (Å²) < 4.78 is 18.0. The molecule has 0 spiro atoms. The van der Waals surface area contributed by atoms with Crippen LogP contribution >= 0.6 is 23.4 Å². The minimum Gasteiger partial charge on any atom is -0.341 e. The first kappa shape index (κ1) is 21.1. The fourth-order valence-corrected chi connectivity index (χ4v) is 4.03. The number of nitrogens with zero attached hydrogens (tertiary/aromatic N) is 5. The number of thioether (sulfide) groups is 1. The number of hydrogen-bond acceptors (Lipinski definition) is 5. The molecule has 0 radical (unpaired) electrons. The first-order valence-electron chi connectivity index (χ1n) is 9.32. The van der Waals surface area contributed by atoms with E-state index in [4.69, 9.17) is 11.6 Å². The predicted octanol–water partition coefficient (Wildman–Crippen LogP) is 3.79. The maximum atomic E-state index is 14.5. The van der Waals surface area contributed by atoms with Gasteiger partial charge in [-0.05, 0) is 24.3 Å². The number of carbonyl (C=O) groups excluding carboxylic acids is 1. The first-order chi connectivity index (χ1) is 15.0. The van der Waals surface area contributed by atoms with Crippen molar-refractivity contribution in [3.8, 4) is 5.69 Å². The molecule has 0 saturated carbocycles. The first-order valence-corrected chi connectivity index (χ1v) is 10.7. The smallest absolute Gasteiger partial charge is 0.231 e. The normalized spacial score (nSPS) is 12.0. The lowest BCUT2D eigenvalue weighted by molar-refractivity contribution is -0.119. The lowest BCUT2D eigenvalue weighted by atomic mass is 10.1. The molecule has 0 aliphatic carbocycles. The summed E-state index contributed by atoms with van der Waals surface area (Å²) in [5.41, 5.74) is 1.13. The number of halogens is 2. The van der Waals surface area contributed by atoms with Crippen molar-refractivity contribution in [1.82, 2.24) is 29.6 Å². The summed E-state index contributed by atoms with van der Waals surface area (Å²) in [6.07, 6.45) is 4.91. The third-order valence-electron chi connectivity index (χ3n) is 4.57. The van der Waals surface area contributed by atoms with E-state index in [1.165, 1.54) is 17.8 Å². The van der Waals surface area contributed by atoms with E-state index in [2.05, 4.69) is 20.5 Å². The van der Waals surface area contributed by atoms with Gasteiger partial charge in [0.1, 0.15) is 24.0 Å². The Morgan fingerprint density at radius 1 is 1.26 bits per heavy atom. The number of carbonyl (C=O) groups is 1. The molecule has 2 heterocycles. The number of aryl methyl sites for hydroxylation is 1. The zero-order valence-corrected chi connectivity index (χ0v) is 18.0. The van der Waals surface area contributed by atoms with Crippen molar-refractivity contribution in [1.29, 1.82) is 0 Å². The second-order valence-corrected chi connectivity index (χ2v) is 8.05. The van der Waals surface area contributed by atoms with Gasteiger partial charge in [0, 0.05) is 30.0 Å². The van der Waals surface area contributed by atoms with Gasteiger partial charge in [0.2, 0.25) is 5.91 Å². The van der Waals surface area contributed by atoms with Gasteiger partial charge in [0.25, 0.3) is 0 Å². The molecular formula is C21H18ClFN6OS. The van der Waals surface area contributed by atoms with Crippen LogP contribution in [0.3, 0.4) is 0 Å². The number of imidazole rings is 1. The number of hydrogen-bond donors (Lipinski definition) is 1. The number of aromatic nitrogens is 5. The zero-order valence-electron chi connectivity index (χ0n) is 16.4. The molecule has 1 amide bonds. The molecule has 10 heteroatoms. The van der Waals surface area contributed by atoms with Gasteiger partial charge in [0.15, 0.2) is 5.16 Å². The van der Waals surface area contributed by atoms with Gasteiger partial charge < -0.3 is 9.88 Å². The highest BCUT2D eigenvalue weighted by Gasteiger charge is 2.24. The molecule has 0 aliphatic rings. The molecule has 158 valence electrons. The Bertz CT molecular complexity index is 1210. The Hall–Kier alpha value is -3.17. The van der Waals surface area contributed by atoms with Crippen molar-refractivity contribution in [2.45, 2.75) is 11.2 Å². The van der Waals surface area contributed by atoms with Crippen molar-refractivity contribution in [3.63, 3.8) is 0 Å². The summed E-state index contributed by atoms with van der Waals surface area (Å²) >= 11 is 7.29. The van der Waals surface area contributed by atoms with Crippen molar-refractivity contribution in [3.05, 3.63) is 89.5 Å². The quantitative estimate of drug-likeness (QED) is 0.428. The van der Waals surface area contributed by atoms with E-state index in [1.807, 2.05) is 12.1 Å². The van der Waals surface area contributed by atoms with Crippen LogP contribution in [0.25, 0.3) is 5.69 Å². The molecule has 1 unspecified atom stereocenters. The van der Waals surface area contributed by atoms with Gasteiger partial charge in [0.05, 0.1) is 11.4 Å². The maximum absolute atomic E-state index is 14.5. The molecule has 4 aromatic rings. The summed E-state index contributed by atoms with van der Waals surface area (Å²) in [6, 6.07) is 12.9. The van der Waals surface area contributed by atoms with Crippen molar-refractivity contribution < 1.29 is 9.18 Å². The molecule has 31 heavy (non-hydrogen) atoms. The molecule has 0 aliphatic heterocycles. The highest BCUT2D eigenvalue weighted by atomic mass is 35.5. The van der Waals surface area contributed by atoms with E-state index in [0.29, 0.717) is 21.6 Å². The minimum absolute atomic E-state index is 0.0641.